The minimum Gasteiger partial charge on any atom is -0.490 e. The number of aliphatic hydroxyl groups excluding tert-OH is 2. The average Bonchev–Trinajstić information content (AvgIpc) is 3.24. The Morgan fingerprint density at radius 3 is 0.655 bits per heavy atom. The number of rotatable bonds is 34. The summed E-state index contributed by atoms with van der Waals surface area (Å²) in [6.45, 7) is 12.9. The van der Waals surface area contributed by atoms with E-state index in [9.17, 15) is 10.2 Å². The molecule has 0 aliphatic carbocycles. The SMILES string of the molecule is CCCCCOc1cc2c3cc(OCCCCC)c(OCCCCC)cc3c3cc(OCCCCCCO)c(OCCCCCCO)cc3c2cc1OCCCCC. The van der Waals surface area contributed by atoms with Crippen molar-refractivity contribution in [2.45, 2.75) is 156 Å². The zero-order valence-electron chi connectivity index (χ0n) is 36.6. The Bertz CT molecular complexity index is 1610. The molecule has 58 heavy (non-hydrogen) atoms. The molecule has 4 aromatic carbocycles. The highest BCUT2D eigenvalue weighted by molar-refractivity contribution is 6.26. The molecule has 324 valence electrons. The number of ether oxygens (including phenoxy) is 6. The summed E-state index contributed by atoms with van der Waals surface area (Å²) in [4.78, 5) is 0. The van der Waals surface area contributed by atoms with E-state index in [1.54, 1.807) is 0 Å². The molecule has 8 nitrogen and oxygen atoms in total. The number of aliphatic hydroxyl groups is 2. The van der Waals surface area contributed by atoms with Crippen LogP contribution >= 0.6 is 0 Å². The lowest BCUT2D eigenvalue weighted by molar-refractivity contribution is 0.251. The molecule has 0 atom stereocenters. The van der Waals surface area contributed by atoms with Crippen molar-refractivity contribution in [2.24, 2.45) is 0 Å². The monoisotopic (exact) mass is 805 g/mol. The number of hydrogen-bond acceptors (Lipinski definition) is 8. The van der Waals surface area contributed by atoms with Crippen LogP contribution in [0.5, 0.6) is 34.5 Å². The van der Waals surface area contributed by atoms with Crippen LogP contribution in [0.15, 0.2) is 36.4 Å². The first kappa shape index (κ1) is 47.1. The molecule has 0 heterocycles. The molecule has 8 heteroatoms. The number of hydrogen-bond donors (Lipinski definition) is 2. The Balaban J connectivity index is 1.95. The van der Waals surface area contributed by atoms with Crippen molar-refractivity contribution < 1.29 is 38.6 Å². The quantitative estimate of drug-likeness (QED) is 0.0356. The van der Waals surface area contributed by atoms with E-state index < -0.39 is 0 Å². The maximum Gasteiger partial charge on any atom is 0.161 e. The maximum absolute atomic E-state index is 9.29. The van der Waals surface area contributed by atoms with Gasteiger partial charge in [-0.2, -0.15) is 0 Å². The van der Waals surface area contributed by atoms with Gasteiger partial charge >= 0.3 is 0 Å². The first-order chi connectivity index (χ1) is 28.6. The molecule has 0 radical (unpaired) electrons. The normalized spacial score (nSPS) is 11.5. The van der Waals surface area contributed by atoms with E-state index in [0.717, 1.165) is 195 Å². The lowest BCUT2D eigenvalue weighted by Crippen LogP contribution is -2.05. The molecule has 0 aliphatic heterocycles. The number of fused-ring (bicyclic) bond motifs is 6. The van der Waals surface area contributed by atoms with Gasteiger partial charge in [0.15, 0.2) is 34.5 Å². The van der Waals surface area contributed by atoms with E-state index in [2.05, 4.69) is 64.1 Å². The molecule has 4 rings (SSSR count). The first-order valence-electron chi connectivity index (χ1n) is 23.1. The third-order valence-corrected chi connectivity index (χ3v) is 10.8. The van der Waals surface area contributed by atoms with E-state index in [1.807, 2.05) is 0 Å². The molecule has 0 bridgehead atoms. The highest BCUT2D eigenvalue weighted by Crippen LogP contribution is 2.47. The van der Waals surface area contributed by atoms with Crippen LogP contribution in [0.25, 0.3) is 32.3 Å². The first-order valence-corrected chi connectivity index (χ1v) is 23.1. The smallest absolute Gasteiger partial charge is 0.161 e. The van der Waals surface area contributed by atoms with Crippen LogP contribution in [-0.2, 0) is 0 Å². The summed E-state index contributed by atoms with van der Waals surface area (Å²) in [6, 6.07) is 13.0. The molecule has 0 aliphatic rings. The molecule has 4 aromatic rings. The van der Waals surface area contributed by atoms with Gasteiger partial charge in [-0.15, -0.1) is 0 Å². The van der Waals surface area contributed by atoms with E-state index in [4.69, 9.17) is 28.4 Å². The topological polar surface area (TPSA) is 95.8 Å². The molecule has 0 fully saturated rings. The lowest BCUT2D eigenvalue weighted by atomic mass is 9.93. The summed E-state index contributed by atoms with van der Waals surface area (Å²) >= 11 is 0. The Morgan fingerprint density at radius 1 is 0.276 bits per heavy atom. The van der Waals surface area contributed by atoms with Gasteiger partial charge in [-0.1, -0.05) is 91.9 Å². The van der Waals surface area contributed by atoms with Crippen molar-refractivity contribution in [1.82, 2.24) is 0 Å². The van der Waals surface area contributed by atoms with Crippen LogP contribution in [0.1, 0.15) is 156 Å². The summed E-state index contributed by atoms with van der Waals surface area (Å²) in [7, 11) is 0. The Labute approximate surface area is 349 Å². The number of benzene rings is 4. The van der Waals surface area contributed by atoms with Crippen LogP contribution in [0.3, 0.4) is 0 Å². The molecule has 0 saturated heterocycles. The highest BCUT2D eigenvalue weighted by atomic mass is 16.5. The van der Waals surface area contributed by atoms with Gasteiger partial charge in [-0.25, -0.2) is 0 Å². The van der Waals surface area contributed by atoms with Gasteiger partial charge < -0.3 is 38.6 Å². The number of unbranched alkanes of at least 4 members (excludes halogenated alkanes) is 14. The molecule has 0 aromatic heterocycles. The van der Waals surface area contributed by atoms with Gasteiger partial charge in [-0.05, 0) is 133 Å². The van der Waals surface area contributed by atoms with Crippen LogP contribution < -0.4 is 28.4 Å². The zero-order valence-corrected chi connectivity index (χ0v) is 36.6. The van der Waals surface area contributed by atoms with Crippen molar-refractivity contribution >= 4 is 32.3 Å². The minimum absolute atomic E-state index is 0.219. The second-order valence-corrected chi connectivity index (χ2v) is 15.7. The van der Waals surface area contributed by atoms with Gasteiger partial charge in [0.25, 0.3) is 0 Å². The molecular formula is C50H76O8. The van der Waals surface area contributed by atoms with Gasteiger partial charge in [0.05, 0.1) is 39.6 Å². The molecular weight excluding hydrogens is 729 g/mol. The van der Waals surface area contributed by atoms with Crippen LogP contribution in [-0.4, -0.2) is 63.1 Å². The molecule has 0 saturated carbocycles. The summed E-state index contributed by atoms with van der Waals surface area (Å²) in [5.41, 5.74) is 0. The fourth-order valence-electron chi connectivity index (χ4n) is 7.33. The zero-order chi connectivity index (χ0) is 41.2. The standard InChI is InChI=1S/C50H76O8/c1-5-9-19-27-53-45-33-39-40-34-46(54-28-20-10-6-2)48(56-30-22-12-8-4)36-42(40)44-38-50(58-32-24-16-14-18-26-52)49(57-31-23-15-13-17-25-51)37-43(44)41(39)35-47(45)55-29-21-11-7-3/h33-38,51-52H,5-32H2,1-4H3. The van der Waals surface area contributed by atoms with Crippen LogP contribution in [0.4, 0.5) is 0 Å². The van der Waals surface area contributed by atoms with Crippen molar-refractivity contribution in [1.29, 1.82) is 0 Å². The second kappa shape index (κ2) is 28.0. The second-order valence-electron chi connectivity index (χ2n) is 15.7. The van der Waals surface area contributed by atoms with Crippen LogP contribution in [0, 0.1) is 0 Å². The molecule has 2 N–H and O–H groups in total. The fourth-order valence-corrected chi connectivity index (χ4v) is 7.33. The fraction of sp³-hybridized carbons (Fsp3) is 0.640. The summed E-state index contributed by atoms with van der Waals surface area (Å²) < 4.78 is 39.3. The van der Waals surface area contributed by atoms with Crippen molar-refractivity contribution in [3.63, 3.8) is 0 Å². The van der Waals surface area contributed by atoms with Crippen molar-refractivity contribution in [2.75, 3.05) is 52.9 Å². The van der Waals surface area contributed by atoms with Gasteiger partial charge in [0.1, 0.15) is 0 Å². The lowest BCUT2D eigenvalue weighted by Gasteiger charge is -2.21. The summed E-state index contributed by atoms with van der Waals surface area (Å²) in [6.07, 6.45) is 20.3. The average molecular weight is 805 g/mol. The largest absolute Gasteiger partial charge is 0.490 e. The predicted molar refractivity (Wildman–Crippen MR) is 241 cm³/mol. The Hall–Kier alpha value is -3.62. The molecule has 0 unspecified atom stereocenters. The van der Waals surface area contributed by atoms with Crippen LogP contribution in [0.2, 0.25) is 0 Å². The minimum atomic E-state index is 0.219. The van der Waals surface area contributed by atoms with Gasteiger partial charge in [0, 0.05) is 13.2 Å². The van der Waals surface area contributed by atoms with E-state index >= 15 is 0 Å². The third kappa shape index (κ3) is 14.9. The molecule has 0 amide bonds. The summed E-state index contributed by atoms with van der Waals surface area (Å²) in [5.74, 6) is 4.52. The Morgan fingerprint density at radius 2 is 0.466 bits per heavy atom. The predicted octanol–water partition coefficient (Wildman–Crippen LogP) is 13.3. The molecule has 0 spiro atoms. The van der Waals surface area contributed by atoms with E-state index in [-0.39, 0.29) is 13.2 Å². The van der Waals surface area contributed by atoms with Gasteiger partial charge in [0.2, 0.25) is 0 Å². The Kier molecular flexibility index (Phi) is 22.7. The van der Waals surface area contributed by atoms with Gasteiger partial charge in [-0.3, -0.25) is 0 Å². The third-order valence-electron chi connectivity index (χ3n) is 10.8. The maximum atomic E-state index is 9.29. The van der Waals surface area contributed by atoms with E-state index in [1.165, 1.54) is 0 Å². The van der Waals surface area contributed by atoms with Crippen molar-refractivity contribution in [3.05, 3.63) is 36.4 Å². The van der Waals surface area contributed by atoms with E-state index in [0.29, 0.717) is 39.6 Å². The summed E-state index contributed by atoms with van der Waals surface area (Å²) in [5, 5.41) is 24.9. The van der Waals surface area contributed by atoms with Crippen molar-refractivity contribution in [3.8, 4) is 34.5 Å². The highest BCUT2D eigenvalue weighted by Gasteiger charge is 2.20.